The molecule has 0 saturated heterocycles. The first-order valence-corrected chi connectivity index (χ1v) is 9.40. The van der Waals surface area contributed by atoms with Crippen molar-refractivity contribution in [1.29, 1.82) is 0 Å². The molecule has 1 unspecified atom stereocenters. The number of hydrogen-bond donors (Lipinski definition) is 2. The Morgan fingerprint density at radius 2 is 1.93 bits per heavy atom. The Bertz CT molecular complexity index is 1010. The lowest BCUT2D eigenvalue weighted by Gasteiger charge is -2.26. The fourth-order valence-corrected chi connectivity index (χ4v) is 3.37. The molecule has 3 rings (SSSR count). The maximum Gasteiger partial charge on any atom is 0.336 e. The van der Waals surface area contributed by atoms with Crippen LogP contribution in [0.2, 0.25) is 5.02 Å². The number of esters is 1. The standard InChI is InChI=1S/C23H20ClNO4/c1-15-20(22(26)27)21(17-10-5-11-18(24)13-17)19(14-25-15)23(28)29-12-6-9-16-7-3-2-4-8-16/h2-11,13-14,21,25H,12H2,1H3,(H,26,27). The molecule has 6 heteroatoms. The minimum absolute atomic E-state index is 0.0679. The first-order chi connectivity index (χ1) is 14.0. The van der Waals surface area contributed by atoms with E-state index in [0.29, 0.717) is 16.3 Å². The Labute approximate surface area is 174 Å². The Morgan fingerprint density at radius 3 is 2.62 bits per heavy atom. The summed E-state index contributed by atoms with van der Waals surface area (Å²) in [5, 5.41) is 13.0. The number of allylic oxidation sites excluding steroid dienone is 1. The molecule has 5 nitrogen and oxygen atoms in total. The first kappa shape index (κ1) is 20.4. The minimum atomic E-state index is -1.11. The van der Waals surface area contributed by atoms with Gasteiger partial charge in [0.15, 0.2) is 0 Å². The molecule has 0 fully saturated rings. The molecule has 148 valence electrons. The number of ether oxygens (including phenoxy) is 1. The highest BCUT2D eigenvalue weighted by atomic mass is 35.5. The van der Waals surface area contributed by atoms with E-state index in [2.05, 4.69) is 5.32 Å². The second-order valence-electron chi connectivity index (χ2n) is 6.49. The fourth-order valence-electron chi connectivity index (χ4n) is 3.17. The number of hydrogen-bond acceptors (Lipinski definition) is 4. The normalized spacial score (nSPS) is 16.3. The van der Waals surface area contributed by atoms with E-state index in [1.807, 2.05) is 36.4 Å². The van der Waals surface area contributed by atoms with Gasteiger partial charge in [0.25, 0.3) is 0 Å². The highest BCUT2D eigenvalue weighted by molar-refractivity contribution is 6.30. The number of nitrogens with one attached hydrogen (secondary N) is 1. The molecule has 29 heavy (non-hydrogen) atoms. The summed E-state index contributed by atoms with van der Waals surface area (Å²) in [5.41, 5.74) is 2.36. The van der Waals surface area contributed by atoms with Gasteiger partial charge in [-0.2, -0.15) is 0 Å². The summed E-state index contributed by atoms with van der Waals surface area (Å²) in [6, 6.07) is 16.5. The molecule has 1 atom stereocenters. The van der Waals surface area contributed by atoms with Crippen molar-refractivity contribution in [3.05, 3.63) is 99.9 Å². The summed E-state index contributed by atoms with van der Waals surface area (Å²) in [5.74, 6) is -2.48. The molecule has 2 aromatic carbocycles. The average Bonchev–Trinajstić information content (AvgIpc) is 2.71. The quantitative estimate of drug-likeness (QED) is 0.686. The van der Waals surface area contributed by atoms with Crippen molar-refractivity contribution in [3.8, 4) is 0 Å². The number of benzene rings is 2. The summed E-state index contributed by atoms with van der Waals surface area (Å²) in [4.78, 5) is 24.6. The molecule has 2 N–H and O–H groups in total. The molecule has 1 aliphatic heterocycles. The van der Waals surface area contributed by atoms with E-state index in [1.54, 1.807) is 37.3 Å². The lowest BCUT2D eigenvalue weighted by Crippen LogP contribution is -2.28. The van der Waals surface area contributed by atoms with Crippen molar-refractivity contribution in [2.75, 3.05) is 6.61 Å². The molecule has 0 aliphatic carbocycles. The third-order valence-corrected chi connectivity index (χ3v) is 4.75. The number of rotatable bonds is 6. The van der Waals surface area contributed by atoms with Gasteiger partial charge in [-0.15, -0.1) is 0 Å². The van der Waals surface area contributed by atoms with E-state index < -0.39 is 17.9 Å². The van der Waals surface area contributed by atoms with E-state index in [1.165, 1.54) is 6.20 Å². The summed E-state index contributed by atoms with van der Waals surface area (Å²) >= 11 is 6.09. The topological polar surface area (TPSA) is 75.6 Å². The van der Waals surface area contributed by atoms with Crippen LogP contribution in [-0.2, 0) is 14.3 Å². The summed E-state index contributed by atoms with van der Waals surface area (Å²) in [7, 11) is 0. The molecule has 0 bridgehead atoms. The van der Waals surface area contributed by atoms with Gasteiger partial charge in [-0.05, 0) is 36.3 Å². The van der Waals surface area contributed by atoms with Crippen LogP contribution in [-0.4, -0.2) is 23.7 Å². The zero-order valence-electron chi connectivity index (χ0n) is 15.8. The number of carbonyl (C=O) groups excluding carboxylic acids is 1. The molecule has 0 aromatic heterocycles. The number of carboxylic acid groups (broad SMARTS) is 1. The van der Waals surface area contributed by atoms with Gasteiger partial charge >= 0.3 is 11.9 Å². The van der Waals surface area contributed by atoms with Crippen LogP contribution in [0.5, 0.6) is 0 Å². The van der Waals surface area contributed by atoms with E-state index >= 15 is 0 Å². The van der Waals surface area contributed by atoms with Crippen LogP contribution in [0.3, 0.4) is 0 Å². The highest BCUT2D eigenvalue weighted by Crippen LogP contribution is 2.37. The maximum atomic E-state index is 12.7. The van der Waals surface area contributed by atoms with Crippen LogP contribution in [0.25, 0.3) is 6.08 Å². The Hall–Kier alpha value is -3.31. The van der Waals surface area contributed by atoms with Crippen LogP contribution in [0.15, 0.2) is 83.7 Å². The Kier molecular flexibility index (Phi) is 6.52. The molecular formula is C23H20ClNO4. The molecule has 0 amide bonds. The lowest BCUT2D eigenvalue weighted by molar-refractivity contribution is -0.138. The van der Waals surface area contributed by atoms with Crippen LogP contribution in [0, 0.1) is 0 Å². The molecule has 2 aromatic rings. The third kappa shape index (κ3) is 4.95. The zero-order valence-corrected chi connectivity index (χ0v) is 16.5. The smallest absolute Gasteiger partial charge is 0.336 e. The first-order valence-electron chi connectivity index (χ1n) is 9.02. The molecule has 0 spiro atoms. The van der Waals surface area contributed by atoms with Crippen molar-refractivity contribution >= 4 is 29.6 Å². The molecule has 1 aliphatic rings. The van der Waals surface area contributed by atoms with Crippen molar-refractivity contribution < 1.29 is 19.4 Å². The van der Waals surface area contributed by atoms with Gasteiger partial charge in [-0.25, -0.2) is 9.59 Å². The fraction of sp³-hybridized carbons (Fsp3) is 0.130. The average molecular weight is 410 g/mol. The van der Waals surface area contributed by atoms with Gasteiger partial charge in [-0.3, -0.25) is 0 Å². The van der Waals surface area contributed by atoms with Crippen molar-refractivity contribution in [1.82, 2.24) is 5.32 Å². The van der Waals surface area contributed by atoms with Gasteiger partial charge in [0, 0.05) is 16.9 Å². The molecule has 0 saturated carbocycles. The molecule has 1 heterocycles. The second-order valence-corrected chi connectivity index (χ2v) is 6.92. The second kappa shape index (κ2) is 9.26. The highest BCUT2D eigenvalue weighted by Gasteiger charge is 2.35. The number of dihydropyridines is 1. The minimum Gasteiger partial charge on any atom is -0.478 e. The van der Waals surface area contributed by atoms with Crippen LogP contribution in [0.4, 0.5) is 0 Å². The van der Waals surface area contributed by atoms with E-state index in [0.717, 1.165) is 5.56 Å². The monoisotopic (exact) mass is 409 g/mol. The summed E-state index contributed by atoms with van der Waals surface area (Å²) < 4.78 is 5.37. The van der Waals surface area contributed by atoms with Gasteiger partial charge in [0.2, 0.25) is 0 Å². The van der Waals surface area contributed by atoms with Gasteiger partial charge in [-0.1, -0.05) is 60.1 Å². The van der Waals surface area contributed by atoms with Gasteiger partial charge < -0.3 is 15.2 Å². The number of carboxylic acids is 1. The largest absolute Gasteiger partial charge is 0.478 e. The Balaban J connectivity index is 1.81. The molecule has 0 radical (unpaired) electrons. The van der Waals surface area contributed by atoms with Crippen LogP contribution >= 0.6 is 11.6 Å². The lowest BCUT2D eigenvalue weighted by atomic mass is 9.82. The van der Waals surface area contributed by atoms with E-state index in [9.17, 15) is 14.7 Å². The zero-order chi connectivity index (χ0) is 20.8. The summed E-state index contributed by atoms with van der Waals surface area (Å²) in [6.45, 7) is 1.72. The van der Waals surface area contributed by atoms with Crippen molar-refractivity contribution in [2.45, 2.75) is 12.8 Å². The van der Waals surface area contributed by atoms with E-state index in [4.69, 9.17) is 16.3 Å². The van der Waals surface area contributed by atoms with Gasteiger partial charge in [0.05, 0.1) is 17.1 Å². The number of carbonyl (C=O) groups is 2. The van der Waals surface area contributed by atoms with Crippen molar-refractivity contribution in [2.24, 2.45) is 0 Å². The van der Waals surface area contributed by atoms with Crippen molar-refractivity contribution in [3.63, 3.8) is 0 Å². The predicted molar refractivity (Wildman–Crippen MR) is 112 cm³/mol. The third-order valence-electron chi connectivity index (χ3n) is 4.52. The SMILES string of the molecule is CC1=C(C(=O)O)C(c2cccc(Cl)c2)C(C(=O)OCC=Cc2ccccc2)=CN1. The number of halogens is 1. The molecular weight excluding hydrogens is 390 g/mol. The predicted octanol–water partition coefficient (Wildman–Crippen LogP) is 4.53. The van der Waals surface area contributed by atoms with E-state index in [-0.39, 0.29) is 17.8 Å². The maximum absolute atomic E-state index is 12.7. The van der Waals surface area contributed by atoms with Crippen LogP contribution in [0.1, 0.15) is 24.0 Å². The summed E-state index contributed by atoms with van der Waals surface area (Å²) in [6.07, 6.45) is 5.08. The van der Waals surface area contributed by atoms with Crippen LogP contribution < -0.4 is 5.32 Å². The number of aliphatic carboxylic acids is 1. The Morgan fingerprint density at radius 1 is 1.17 bits per heavy atom. The van der Waals surface area contributed by atoms with Gasteiger partial charge in [0.1, 0.15) is 6.61 Å².